The number of benzene rings is 1. The van der Waals surface area contributed by atoms with Crippen molar-refractivity contribution in [3.8, 4) is 0 Å². The monoisotopic (exact) mass is 339 g/mol. The number of rotatable bonds is 4. The van der Waals surface area contributed by atoms with Crippen LogP contribution < -0.4 is 0 Å². The van der Waals surface area contributed by atoms with Gasteiger partial charge in [0, 0.05) is 50.3 Å². The predicted octanol–water partition coefficient (Wildman–Crippen LogP) is 2.32. The first-order valence-electron chi connectivity index (χ1n) is 9.00. The van der Waals surface area contributed by atoms with Gasteiger partial charge in [-0.1, -0.05) is 25.1 Å². The fraction of sp³-hybridized carbons (Fsp3) is 0.500. The lowest BCUT2D eigenvalue weighted by Gasteiger charge is -2.20. The highest BCUT2D eigenvalue weighted by atomic mass is 16.3. The summed E-state index contributed by atoms with van der Waals surface area (Å²) in [4.78, 5) is 15.1. The third-order valence-electron chi connectivity index (χ3n) is 5.92. The SMILES string of the molecule is Cn1cc([C@@H]2CN(C(=O)c3ccccc3C3(C)CC3)C[C@H]2CO)cn1. The molecule has 2 aromatic rings. The van der Waals surface area contributed by atoms with Gasteiger partial charge in [0.15, 0.2) is 0 Å². The molecule has 5 heteroatoms. The second-order valence-corrected chi connectivity index (χ2v) is 7.81. The van der Waals surface area contributed by atoms with E-state index in [9.17, 15) is 9.90 Å². The highest BCUT2D eigenvalue weighted by Crippen LogP contribution is 2.49. The molecule has 2 fully saturated rings. The van der Waals surface area contributed by atoms with Crippen molar-refractivity contribution in [2.45, 2.75) is 31.1 Å². The smallest absolute Gasteiger partial charge is 0.254 e. The Bertz CT molecular complexity index is 794. The average Bonchev–Trinajstić information content (AvgIpc) is 3.05. The molecule has 1 aromatic heterocycles. The molecule has 1 aliphatic carbocycles. The first-order chi connectivity index (χ1) is 12.0. The van der Waals surface area contributed by atoms with Gasteiger partial charge in [-0.3, -0.25) is 9.48 Å². The van der Waals surface area contributed by atoms with E-state index in [1.54, 1.807) is 4.68 Å². The molecule has 0 radical (unpaired) electrons. The van der Waals surface area contributed by atoms with Crippen LogP contribution in [0.5, 0.6) is 0 Å². The second-order valence-electron chi connectivity index (χ2n) is 7.81. The van der Waals surface area contributed by atoms with Crippen LogP contribution >= 0.6 is 0 Å². The third kappa shape index (κ3) is 2.86. The van der Waals surface area contributed by atoms with Gasteiger partial charge in [-0.2, -0.15) is 5.10 Å². The molecule has 1 amide bonds. The molecule has 4 rings (SSSR count). The minimum atomic E-state index is 0.0665. The number of nitrogens with zero attached hydrogens (tertiary/aromatic N) is 3. The van der Waals surface area contributed by atoms with Crippen LogP contribution in [-0.4, -0.2) is 45.4 Å². The molecule has 2 heterocycles. The number of carbonyl (C=O) groups is 1. The van der Waals surface area contributed by atoms with Crippen molar-refractivity contribution in [1.82, 2.24) is 14.7 Å². The predicted molar refractivity (Wildman–Crippen MR) is 95.5 cm³/mol. The summed E-state index contributed by atoms with van der Waals surface area (Å²) in [7, 11) is 1.89. The molecule has 132 valence electrons. The standard InChI is InChI=1S/C20H25N3O2/c1-20(7-8-20)18-6-4-3-5-16(18)19(25)23-11-15(13-24)17(12-23)14-9-21-22(2)10-14/h3-6,9-10,15,17,24H,7-8,11-13H2,1-2H3/t15-,17-/m0/s1. The van der Waals surface area contributed by atoms with Crippen molar-refractivity contribution in [2.24, 2.45) is 13.0 Å². The van der Waals surface area contributed by atoms with Crippen LogP contribution in [0.4, 0.5) is 0 Å². The van der Waals surface area contributed by atoms with Gasteiger partial charge in [0.2, 0.25) is 0 Å². The number of hydrogen-bond donors (Lipinski definition) is 1. The molecule has 2 atom stereocenters. The summed E-state index contributed by atoms with van der Waals surface area (Å²) in [5, 5.41) is 14.0. The fourth-order valence-electron chi connectivity index (χ4n) is 4.05. The number of amides is 1. The molecule has 0 bridgehead atoms. The second kappa shape index (κ2) is 5.99. The van der Waals surface area contributed by atoms with E-state index in [0.717, 1.165) is 24.0 Å². The van der Waals surface area contributed by atoms with E-state index < -0.39 is 0 Å². The van der Waals surface area contributed by atoms with Crippen LogP contribution in [0, 0.1) is 5.92 Å². The van der Waals surface area contributed by atoms with Crippen LogP contribution in [0.25, 0.3) is 0 Å². The first kappa shape index (κ1) is 16.3. The maximum Gasteiger partial charge on any atom is 0.254 e. The Labute approximate surface area is 148 Å². The van der Waals surface area contributed by atoms with Crippen LogP contribution in [0.15, 0.2) is 36.7 Å². The van der Waals surface area contributed by atoms with E-state index in [-0.39, 0.29) is 29.8 Å². The van der Waals surface area contributed by atoms with Gasteiger partial charge >= 0.3 is 0 Å². The summed E-state index contributed by atoms with van der Waals surface area (Å²) in [6.07, 6.45) is 6.13. The Morgan fingerprint density at radius 2 is 2.08 bits per heavy atom. The zero-order chi connectivity index (χ0) is 17.6. The fourth-order valence-corrected chi connectivity index (χ4v) is 4.05. The van der Waals surface area contributed by atoms with E-state index in [1.807, 2.05) is 42.5 Å². The Morgan fingerprint density at radius 3 is 2.72 bits per heavy atom. The summed E-state index contributed by atoms with van der Waals surface area (Å²) in [6, 6.07) is 8.01. The average molecular weight is 339 g/mol. The lowest BCUT2D eigenvalue weighted by atomic mass is 9.92. The van der Waals surface area contributed by atoms with Crippen molar-refractivity contribution >= 4 is 5.91 Å². The minimum Gasteiger partial charge on any atom is -0.396 e. The van der Waals surface area contributed by atoms with E-state index in [0.29, 0.717) is 13.1 Å². The van der Waals surface area contributed by atoms with E-state index in [1.165, 1.54) is 5.56 Å². The van der Waals surface area contributed by atoms with Crippen LogP contribution in [0.2, 0.25) is 0 Å². The quantitative estimate of drug-likeness (QED) is 0.930. The first-order valence-corrected chi connectivity index (χ1v) is 9.00. The van der Waals surface area contributed by atoms with Gasteiger partial charge in [0.1, 0.15) is 0 Å². The van der Waals surface area contributed by atoms with Crippen molar-refractivity contribution in [3.63, 3.8) is 0 Å². The van der Waals surface area contributed by atoms with Gasteiger partial charge < -0.3 is 10.0 Å². The lowest BCUT2D eigenvalue weighted by molar-refractivity contribution is 0.0779. The Morgan fingerprint density at radius 1 is 1.32 bits per heavy atom. The van der Waals surface area contributed by atoms with Gasteiger partial charge in [-0.25, -0.2) is 0 Å². The lowest BCUT2D eigenvalue weighted by Crippen LogP contribution is -2.30. The van der Waals surface area contributed by atoms with Gasteiger partial charge in [-0.15, -0.1) is 0 Å². The number of aromatic nitrogens is 2. The van der Waals surface area contributed by atoms with Crippen LogP contribution in [0.3, 0.4) is 0 Å². The van der Waals surface area contributed by atoms with Crippen molar-refractivity contribution in [2.75, 3.05) is 19.7 Å². The molecule has 0 spiro atoms. The van der Waals surface area contributed by atoms with Crippen molar-refractivity contribution < 1.29 is 9.90 Å². The van der Waals surface area contributed by atoms with Gasteiger partial charge in [0.25, 0.3) is 5.91 Å². The summed E-state index contributed by atoms with van der Waals surface area (Å²) in [5.74, 6) is 0.303. The third-order valence-corrected chi connectivity index (χ3v) is 5.92. The molecule has 1 aliphatic heterocycles. The molecule has 1 saturated carbocycles. The molecule has 5 nitrogen and oxygen atoms in total. The number of aliphatic hydroxyl groups is 1. The summed E-state index contributed by atoms with van der Waals surface area (Å²) in [6.45, 7) is 3.56. The molecule has 1 N–H and O–H groups in total. The summed E-state index contributed by atoms with van der Waals surface area (Å²) in [5.41, 5.74) is 3.25. The van der Waals surface area contributed by atoms with E-state index in [2.05, 4.69) is 18.1 Å². The van der Waals surface area contributed by atoms with Crippen LogP contribution in [0.1, 0.15) is 47.2 Å². The van der Waals surface area contributed by atoms with Gasteiger partial charge in [-0.05, 0) is 35.4 Å². The Kier molecular flexibility index (Phi) is 3.91. The van der Waals surface area contributed by atoms with E-state index in [4.69, 9.17) is 0 Å². The summed E-state index contributed by atoms with van der Waals surface area (Å²) >= 11 is 0. The number of hydrogen-bond acceptors (Lipinski definition) is 3. The van der Waals surface area contributed by atoms with Crippen LogP contribution in [-0.2, 0) is 12.5 Å². The zero-order valence-electron chi connectivity index (χ0n) is 14.9. The maximum atomic E-state index is 13.2. The van der Waals surface area contributed by atoms with Crippen molar-refractivity contribution in [1.29, 1.82) is 0 Å². The van der Waals surface area contributed by atoms with E-state index >= 15 is 0 Å². The number of aryl methyl sites for hydroxylation is 1. The normalized spacial score (nSPS) is 24.5. The number of carbonyl (C=O) groups excluding carboxylic acids is 1. The topological polar surface area (TPSA) is 58.4 Å². The molecular formula is C20H25N3O2. The van der Waals surface area contributed by atoms with Gasteiger partial charge in [0.05, 0.1) is 6.20 Å². The maximum absolute atomic E-state index is 13.2. The summed E-state index contributed by atoms with van der Waals surface area (Å²) < 4.78 is 1.78. The Balaban J connectivity index is 1.60. The highest BCUT2D eigenvalue weighted by molar-refractivity contribution is 5.96. The highest BCUT2D eigenvalue weighted by Gasteiger charge is 2.43. The molecular weight excluding hydrogens is 314 g/mol. The molecule has 25 heavy (non-hydrogen) atoms. The zero-order valence-corrected chi connectivity index (χ0v) is 14.9. The molecule has 1 saturated heterocycles. The molecule has 1 aromatic carbocycles. The number of aliphatic hydroxyl groups excluding tert-OH is 1. The molecule has 2 aliphatic rings. The van der Waals surface area contributed by atoms with Crippen molar-refractivity contribution in [3.05, 3.63) is 53.3 Å². The minimum absolute atomic E-state index is 0.0665. The Hall–Kier alpha value is -2.14. The number of likely N-dealkylation sites (tertiary alicyclic amines) is 1. The molecule has 0 unspecified atom stereocenters. The largest absolute Gasteiger partial charge is 0.396 e.